The van der Waals surface area contributed by atoms with E-state index >= 15 is 0 Å². The highest BCUT2D eigenvalue weighted by Gasteiger charge is 2.21. The Morgan fingerprint density at radius 1 is 1.33 bits per heavy atom. The molecular weight excluding hydrogens is 230 g/mol. The largest absolute Gasteiger partial charge is 0.394 e. The van der Waals surface area contributed by atoms with Crippen molar-refractivity contribution in [1.29, 1.82) is 0 Å². The molecule has 4 heteroatoms. The van der Waals surface area contributed by atoms with Gasteiger partial charge in [-0.3, -0.25) is 0 Å². The first-order valence-electron chi connectivity index (χ1n) is 7.04. The van der Waals surface area contributed by atoms with Crippen LogP contribution in [0.2, 0.25) is 0 Å². The molecule has 0 aromatic rings. The minimum atomic E-state index is -0.145. The SMILES string of the molecule is CCCNC(C)(CO)CCCCOC(C)COC. The van der Waals surface area contributed by atoms with Gasteiger partial charge in [0.2, 0.25) is 0 Å². The van der Waals surface area contributed by atoms with Gasteiger partial charge in [-0.25, -0.2) is 0 Å². The van der Waals surface area contributed by atoms with E-state index in [0.717, 1.165) is 38.8 Å². The van der Waals surface area contributed by atoms with E-state index in [4.69, 9.17) is 9.47 Å². The Labute approximate surface area is 112 Å². The molecule has 0 heterocycles. The maximum atomic E-state index is 9.42. The van der Waals surface area contributed by atoms with Crippen LogP contribution in [-0.4, -0.2) is 50.2 Å². The molecule has 2 unspecified atom stereocenters. The average Bonchev–Trinajstić information content (AvgIpc) is 2.36. The fourth-order valence-electron chi connectivity index (χ4n) is 1.83. The number of unbranched alkanes of at least 4 members (excludes halogenated alkanes) is 1. The van der Waals surface area contributed by atoms with Gasteiger partial charge in [-0.2, -0.15) is 0 Å². The zero-order chi connectivity index (χ0) is 13.9. The molecule has 0 amide bonds. The fraction of sp³-hybridized carbons (Fsp3) is 1.00. The van der Waals surface area contributed by atoms with Crippen molar-refractivity contribution in [2.24, 2.45) is 0 Å². The zero-order valence-electron chi connectivity index (χ0n) is 12.5. The molecule has 2 atom stereocenters. The number of methoxy groups -OCH3 is 1. The van der Waals surface area contributed by atoms with Gasteiger partial charge in [0, 0.05) is 19.3 Å². The molecule has 0 saturated heterocycles. The van der Waals surface area contributed by atoms with Crippen LogP contribution in [0.15, 0.2) is 0 Å². The Morgan fingerprint density at radius 3 is 2.61 bits per heavy atom. The standard InChI is InChI=1S/C14H31NO3/c1-5-9-15-14(3,12-16)8-6-7-10-18-13(2)11-17-4/h13,15-16H,5-12H2,1-4H3. The van der Waals surface area contributed by atoms with E-state index in [1.165, 1.54) is 0 Å². The Balaban J connectivity index is 3.61. The lowest BCUT2D eigenvalue weighted by molar-refractivity contribution is 0.00689. The first kappa shape index (κ1) is 17.8. The molecule has 0 saturated carbocycles. The Kier molecular flexibility index (Phi) is 10.6. The van der Waals surface area contributed by atoms with E-state index in [1.54, 1.807) is 7.11 Å². The van der Waals surface area contributed by atoms with Crippen LogP contribution in [0, 0.1) is 0 Å². The molecule has 0 aliphatic rings. The summed E-state index contributed by atoms with van der Waals surface area (Å²) in [6.45, 7) is 8.79. The van der Waals surface area contributed by atoms with Crippen molar-refractivity contribution in [3.8, 4) is 0 Å². The van der Waals surface area contributed by atoms with Gasteiger partial charge in [0.1, 0.15) is 0 Å². The molecule has 0 bridgehead atoms. The summed E-state index contributed by atoms with van der Waals surface area (Å²) < 4.78 is 10.6. The van der Waals surface area contributed by atoms with Crippen molar-refractivity contribution in [2.45, 2.75) is 58.1 Å². The van der Waals surface area contributed by atoms with E-state index < -0.39 is 0 Å². The quantitative estimate of drug-likeness (QED) is 0.527. The van der Waals surface area contributed by atoms with E-state index in [2.05, 4.69) is 19.2 Å². The predicted molar refractivity (Wildman–Crippen MR) is 74.9 cm³/mol. The van der Waals surface area contributed by atoms with E-state index in [9.17, 15) is 5.11 Å². The van der Waals surface area contributed by atoms with Gasteiger partial charge in [0.05, 0.1) is 19.3 Å². The first-order valence-corrected chi connectivity index (χ1v) is 7.04. The average molecular weight is 261 g/mol. The van der Waals surface area contributed by atoms with Gasteiger partial charge in [-0.05, 0) is 46.1 Å². The maximum Gasteiger partial charge on any atom is 0.0780 e. The highest BCUT2D eigenvalue weighted by molar-refractivity contribution is 4.81. The minimum Gasteiger partial charge on any atom is -0.394 e. The number of nitrogens with one attached hydrogen (secondary N) is 1. The molecule has 0 spiro atoms. The Hall–Kier alpha value is -0.160. The Bertz CT molecular complexity index is 190. The topological polar surface area (TPSA) is 50.7 Å². The van der Waals surface area contributed by atoms with Crippen molar-refractivity contribution >= 4 is 0 Å². The summed E-state index contributed by atoms with van der Waals surface area (Å²) in [4.78, 5) is 0. The minimum absolute atomic E-state index is 0.145. The number of hydrogen-bond acceptors (Lipinski definition) is 4. The second-order valence-electron chi connectivity index (χ2n) is 5.24. The van der Waals surface area contributed by atoms with E-state index in [1.807, 2.05) is 6.92 Å². The summed E-state index contributed by atoms with van der Waals surface area (Å²) in [6.07, 6.45) is 4.32. The van der Waals surface area contributed by atoms with Gasteiger partial charge in [0.25, 0.3) is 0 Å². The molecule has 2 N–H and O–H groups in total. The van der Waals surface area contributed by atoms with Crippen molar-refractivity contribution in [1.82, 2.24) is 5.32 Å². The molecule has 0 fully saturated rings. The van der Waals surface area contributed by atoms with Crippen molar-refractivity contribution < 1.29 is 14.6 Å². The zero-order valence-corrected chi connectivity index (χ0v) is 12.5. The van der Waals surface area contributed by atoms with Crippen molar-refractivity contribution in [2.75, 3.05) is 33.5 Å². The smallest absolute Gasteiger partial charge is 0.0780 e. The lowest BCUT2D eigenvalue weighted by atomic mass is 9.95. The molecule has 0 aromatic heterocycles. The molecule has 110 valence electrons. The molecule has 4 nitrogen and oxygen atoms in total. The summed E-state index contributed by atoms with van der Waals surface area (Å²) in [5.41, 5.74) is -0.145. The monoisotopic (exact) mass is 261 g/mol. The van der Waals surface area contributed by atoms with Crippen LogP contribution in [0.25, 0.3) is 0 Å². The third-order valence-corrected chi connectivity index (χ3v) is 3.08. The van der Waals surface area contributed by atoms with Crippen LogP contribution in [-0.2, 0) is 9.47 Å². The van der Waals surface area contributed by atoms with Crippen LogP contribution in [0.4, 0.5) is 0 Å². The van der Waals surface area contributed by atoms with E-state index in [0.29, 0.717) is 6.61 Å². The van der Waals surface area contributed by atoms with Crippen LogP contribution >= 0.6 is 0 Å². The number of aliphatic hydroxyl groups is 1. The molecule has 0 radical (unpaired) electrons. The number of aliphatic hydroxyl groups excluding tert-OH is 1. The van der Waals surface area contributed by atoms with Crippen molar-refractivity contribution in [3.63, 3.8) is 0 Å². The fourth-order valence-corrected chi connectivity index (χ4v) is 1.83. The van der Waals surface area contributed by atoms with Crippen LogP contribution in [0.3, 0.4) is 0 Å². The third-order valence-electron chi connectivity index (χ3n) is 3.08. The third kappa shape index (κ3) is 8.86. The Morgan fingerprint density at radius 2 is 2.06 bits per heavy atom. The normalized spacial score (nSPS) is 16.5. The molecule has 0 aromatic carbocycles. The van der Waals surface area contributed by atoms with Gasteiger partial charge in [-0.15, -0.1) is 0 Å². The van der Waals surface area contributed by atoms with E-state index in [-0.39, 0.29) is 18.2 Å². The summed E-state index contributed by atoms with van der Waals surface area (Å²) in [5.74, 6) is 0. The number of hydrogen-bond donors (Lipinski definition) is 2. The highest BCUT2D eigenvalue weighted by Crippen LogP contribution is 2.13. The second-order valence-corrected chi connectivity index (χ2v) is 5.24. The van der Waals surface area contributed by atoms with Gasteiger partial charge >= 0.3 is 0 Å². The van der Waals surface area contributed by atoms with Crippen LogP contribution < -0.4 is 5.32 Å². The van der Waals surface area contributed by atoms with Gasteiger partial charge in [-0.1, -0.05) is 6.92 Å². The molecular formula is C14H31NO3. The van der Waals surface area contributed by atoms with Crippen molar-refractivity contribution in [3.05, 3.63) is 0 Å². The summed E-state index contributed by atoms with van der Waals surface area (Å²) in [5, 5.41) is 12.8. The maximum absolute atomic E-state index is 9.42. The summed E-state index contributed by atoms with van der Waals surface area (Å²) >= 11 is 0. The van der Waals surface area contributed by atoms with Gasteiger partial charge in [0.15, 0.2) is 0 Å². The molecule has 0 aliphatic heterocycles. The first-order chi connectivity index (χ1) is 8.58. The van der Waals surface area contributed by atoms with Crippen LogP contribution in [0.5, 0.6) is 0 Å². The van der Waals surface area contributed by atoms with Gasteiger partial charge < -0.3 is 19.9 Å². The summed E-state index contributed by atoms with van der Waals surface area (Å²) in [6, 6.07) is 0. The molecule has 0 rings (SSSR count). The second kappa shape index (κ2) is 10.7. The molecule has 0 aliphatic carbocycles. The highest BCUT2D eigenvalue weighted by atomic mass is 16.5. The number of ether oxygens (including phenoxy) is 2. The number of rotatable bonds is 12. The van der Waals surface area contributed by atoms with Crippen LogP contribution in [0.1, 0.15) is 46.5 Å². The summed E-state index contributed by atoms with van der Waals surface area (Å²) in [7, 11) is 1.69. The lowest BCUT2D eigenvalue weighted by Gasteiger charge is -2.29. The molecule has 18 heavy (non-hydrogen) atoms. The lowest BCUT2D eigenvalue weighted by Crippen LogP contribution is -2.46. The predicted octanol–water partition coefficient (Wildman–Crippen LogP) is 1.96.